The summed E-state index contributed by atoms with van der Waals surface area (Å²) >= 11 is 3.52. The van der Waals surface area contributed by atoms with Crippen LogP contribution in [0.15, 0.2) is 46.9 Å². The summed E-state index contributed by atoms with van der Waals surface area (Å²) in [5.41, 5.74) is 3.91. The van der Waals surface area contributed by atoms with Crippen LogP contribution in [0.1, 0.15) is 23.6 Å². The van der Waals surface area contributed by atoms with E-state index >= 15 is 0 Å². The molecule has 0 aromatic heterocycles. The summed E-state index contributed by atoms with van der Waals surface area (Å²) < 4.78 is 6.44. The molecule has 1 aliphatic rings. The van der Waals surface area contributed by atoms with E-state index in [2.05, 4.69) is 51.6 Å². The average Bonchev–Trinajstić information content (AvgIpc) is 2.46. The molecule has 2 aromatic rings. The van der Waals surface area contributed by atoms with Crippen LogP contribution >= 0.6 is 15.9 Å². The largest absolute Gasteiger partial charge is 0.497 e. The van der Waals surface area contributed by atoms with Gasteiger partial charge in [0.25, 0.3) is 0 Å². The first-order valence-electron chi connectivity index (χ1n) is 6.45. The van der Waals surface area contributed by atoms with Crippen molar-refractivity contribution in [2.45, 2.75) is 18.9 Å². The molecule has 98 valence electrons. The fourth-order valence-corrected chi connectivity index (χ4v) is 2.99. The van der Waals surface area contributed by atoms with Crippen LogP contribution in [-0.4, -0.2) is 7.11 Å². The summed E-state index contributed by atoms with van der Waals surface area (Å²) in [6.07, 6.45) is 2.21. The van der Waals surface area contributed by atoms with Gasteiger partial charge in [-0.05, 0) is 54.3 Å². The van der Waals surface area contributed by atoms with Crippen LogP contribution in [0.25, 0.3) is 0 Å². The van der Waals surface area contributed by atoms with Crippen LogP contribution in [-0.2, 0) is 6.42 Å². The topological polar surface area (TPSA) is 21.3 Å². The summed E-state index contributed by atoms with van der Waals surface area (Å²) in [4.78, 5) is 0. The Balaban J connectivity index is 1.86. The molecule has 19 heavy (non-hydrogen) atoms. The quantitative estimate of drug-likeness (QED) is 0.876. The third-order valence-corrected chi connectivity index (χ3v) is 4.09. The lowest BCUT2D eigenvalue weighted by atomic mass is 9.93. The first-order chi connectivity index (χ1) is 9.26. The molecule has 0 radical (unpaired) electrons. The van der Waals surface area contributed by atoms with Crippen LogP contribution in [0, 0.1) is 0 Å². The second-order valence-corrected chi connectivity index (χ2v) is 5.73. The lowest BCUT2D eigenvalue weighted by Crippen LogP contribution is -2.17. The Labute approximate surface area is 121 Å². The smallest absolute Gasteiger partial charge is 0.119 e. The molecule has 0 fully saturated rings. The number of methoxy groups -OCH3 is 1. The van der Waals surface area contributed by atoms with E-state index in [4.69, 9.17) is 4.74 Å². The van der Waals surface area contributed by atoms with Crippen LogP contribution < -0.4 is 10.1 Å². The number of fused-ring (bicyclic) bond motifs is 1. The Bertz CT molecular complexity index is 597. The molecule has 0 spiro atoms. The van der Waals surface area contributed by atoms with Gasteiger partial charge in [-0.3, -0.25) is 0 Å². The highest BCUT2D eigenvalue weighted by Gasteiger charge is 2.19. The summed E-state index contributed by atoms with van der Waals surface area (Å²) in [6.45, 7) is 0. The van der Waals surface area contributed by atoms with Gasteiger partial charge in [0.1, 0.15) is 5.75 Å². The fraction of sp³-hybridized carbons (Fsp3) is 0.250. The lowest BCUT2D eigenvalue weighted by molar-refractivity contribution is 0.414. The van der Waals surface area contributed by atoms with Crippen LogP contribution in [0.5, 0.6) is 5.75 Å². The highest BCUT2D eigenvalue weighted by atomic mass is 79.9. The number of rotatable bonds is 2. The number of nitrogens with one attached hydrogen (secondary N) is 1. The maximum absolute atomic E-state index is 5.30. The number of aryl methyl sites for hydroxylation is 1. The number of anilines is 1. The molecule has 0 aliphatic carbocycles. The number of ether oxygens (including phenoxy) is 1. The summed E-state index contributed by atoms with van der Waals surface area (Å²) in [7, 11) is 1.71. The van der Waals surface area contributed by atoms with Gasteiger partial charge in [0, 0.05) is 10.2 Å². The highest BCUT2D eigenvalue weighted by Crippen LogP contribution is 2.34. The number of hydrogen-bond donors (Lipinski definition) is 1. The molecule has 1 atom stereocenters. The monoisotopic (exact) mass is 317 g/mol. The van der Waals surface area contributed by atoms with E-state index < -0.39 is 0 Å². The Hall–Kier alpha value is -1.48. The van der Waals surface area contributed by atoms with E-state index in [9.17, 15) is 0 Å². The average molecular weight is 318 g/mol. The van der Waals surface area contributed by atoms with Gasteiger partial charge in [0.2, 0.25) is 0 Å². The van der Waals surface area contributed by atoms with E-state index in [-0.39, 0.29) is 0 Å². The van der Waals surface area contributed by atoms with Crippen LogP contribution in [0.4, 0.5) is 5.69 Å². The molecule has 3 rings (SSSR count). The van der Waals surface area contributed by atoms with Crippen LogP contribution in [0.2, 0.25) is 0 Å². The molecule has 0 saturated carbocycles. The van der Waals surface area contributed by atoms with E-state index in [0.717, 1.165) is 23.1 Å². The van der Waals surface area contributed by atoms with Gasteiger partial charge in [-0.25, -0.2) is 0 Å². The first kappa shape index (κ1) is 12.5. The maximum Gasteiger partial charge on any atom is 0.119 e. The molecule has 1 heterocycles. The molecule has 1 N–H and O–H groups in total. The van der Waals surface area contributed by atoms with Gasteiger partial charge >= 0.3 is 0 Å². The molecule has 1 aliphatic heterocycles. The third-order valence-electron chi connectivity index (χ3n) is 3.60. The van der Waals surface area contributed by atoms with Gasteiger partial charge in [-0.15, -0.1) is 0 Å². The highest BCUT2D eigenvalue weighted by molar-refractivity contribution is 9.10. The Morgan fingerprint density at radius 1 is 1.21 bits per heavy atom. The standard InChI is InChI=1S/C16H16BrNO/c1-19-14-4-2-3-11(10-14)15-7-5-12-9-13(17)6-8-16(12)18-15/h2-4,6,8-10,15,18H,5,7H2,1H3. The second kappa shape index (κ2) is 5.25. The lowest BCUT2D eigenvalue weighted by Gasteiger charge is -2.27. The van der Waals surface area contributed by atoms with Gasteiger partial charge < -0.3 is 10.1 Å². The minimum absolute atomic E-state index is 0.365. The van der Waals surface area contributed by atoms with Crippen molar-refractivity contribution in [3.8, 4) is 5.75 Å². The molecule has 0 saturated heterocycles. The van der Waals surface area contributed by atoms with E-state index in [0.29, 0.717) is 6.04 Å². The van der Waals surface area contributed by atoms with Gasteiger partial charge in [-0.2, -0.15) is 0 Å². The number of hydrogen-bond acceptors (Lipinski definition) is 2. The Morgan fingerprint density at radius 3 is 2.95 bits per heavy atom. The van der Waals surface area contributed by atoms with Crippen molar-refractivity contribution >= 4 is 21.6 Å². The van der Waals surface area contributed by atoms with Gasteiger partial charge in [0.05, 0.1) is 13.2 Å². The van der Waals surface area contributed by atoms with E-state index in [1.54, 1.807) is 7.11 Å². The van der Waals surface area contributed by atoms with E-state index in [1.807, 2.05) is 12.1 Å². The number of halogens is 1. The molecular formula is C16H16BrNO. The van der Waals surface area contributed by atoms with Crippen LogP contribution in [0.3, 0.4) is 0 Å². The van der Waals surface area contributed by atoms with Crippen molar-refractivity contribution in [3.63, 3.8) is 0 Å². The molecule has 3 heteroatoms. The molecule has 2 aromatic carbocycles. The SMILES string of the molecule is COc1cccc(C2CCc3cc(Br)ccc3N2)c1. The van der Waals surface area contributed by atoms with E-state index in [1.165, 1.54) is 16.8 Å². The van der Waals surface area contributed by atoms with Crippen molar-refractivity contribution < 1.29 is 4.74 Å². The minimum atomic E-state index is 0.365. The zero-order valence-corrected chi connectivity index (χ0v) is 12.4. The molecule has 0 bridgehead atoms. The van der Waals surface area contributed by atoms with Crippen molar-refractivity contribution in [2.75, 3.05) is 12.4 Å². The zero-order chi connectivity index (χ0) is 13.2. The fourth-order valence-electron chi connectivity index (χ4n) is 2.58. The van der Waals surface area contributed by atoms with Gasteiger partial charge in [0.15, 0.2) is 0 Å². The maximum atomic E-state index is 5.30. The molecule has 0 amide bonds. The predicted octanol–water partition coefficient (Wildman–Crippen LogP) is 4.56. The summed E-state index contributed by atoms with van der Waals surface area (Å²) in [6, 6.07) is 15.1. The zero-order valence-electron chi connectivity index (χ0n) is 10.8. The summed E-state index contributed by atoms with van der Waals surface area (Å²) in [5.74, 6) is 0.918. The van der Waals surface area contributed by atoms with Crippen molar-refractivity contribution in [2.24, 2.45) is 0 Å². The first-order valence-corrected chi connectivity index (χ1v) is 7.24. The van der Waals surface area contributed by atoms with Crippen molar-refractivity contribution in [1.82, 2.24) is 0 Å². The normalized spacial score (nSPS) is 17.5. The second-order valence-electron chi connectivity index (χ2n) is 4.81. The summed E-state index contributed by atoms with van der Waals surface area (Å²) in [5, 5.41) is 3.62. The molecule has 2 nitrogen and oxygen atoms in total. The van der Waals surface area contributed by atoms with Crippen molar-refractivity contribution in [3.05, 3.63) is 58.1 Å². The number of benzene rings is 2. The Kier molecular flexibility index (Phi) is 3.47. The third kappa shape index (κ3) is 2.61. The minimum Gasteiger partial charge on any atom is -0.497 e. The Morgan fingerprint density at radius 2 is 2.11 bits per heavy atom. The molecule has 1 unspecified atom stereocenters. The molecular weight excluding hydrogens is 302 g/mol. The van der Waals surface area contributed by atoms with Gasteiger partial charge in [-0.1, -0.05) is 28.1 Å². The van der Waals surface area contributed by atoms with Crippen molar-refractivity contribution in [1.29, 1.82) is 0 Å². The predicted molar refractivity (Wildman–Crippen MR) is 81.8 cm³/mol.